The van der Waals surface area contributed by atoms with Crippen molar-refractivity contribution in [3.05, 3.63) is 22.7 Å². The lowest BCUT2D eigenvalue weighted by atomic mass is 10.1. The fourth-order valence-electron chi connectivity index (χ4n) is 3.09. The van der Waals surface area contributed by atoms with E-state index in [1.165, 1.54) is 0 Å². The van der Waals surface area contributed by atoms with Crippen molar-refractivity contribution >= 4 is 17.5 Å². The van der Waals surface area contributed by atoms with Crippen molar-refractivity contribution < 1.29 is 19.4 Å². The Balaban J connectivity index is 1.62. The first-order valence-corrected chi connectivity index (χ1v) is 8.13. The van der Waals surface area contributed by atoms with Gasteiger partial charge in [-0.3, -0.25) is 9.69 Å². The molecule has 126 valence electrons. The maximum absolute atomic E-state index is 12.3. The molecule has 0 spiro atoms. The van der Waals surface area contributed by atoms with Crippen molar-refractivity contribution in [2.24, 2.45) is 0 Å². The third kappa shape index (κ3) is 3.71. The van der Waals surface area contributed by atoms with Gasteiger partial charge in [-0.1, -0.05) is 11.6 Å². The van der Waals surface area contributed by atoms with Crippen LogP contribution in [0, 0.1) is 0 Å². The van der Waals surface area contributed by atoms with Crippen molar-refractivity contribution in [2.45, 2.75) is 24.9 Å². The molecule has 2 aliphatic heterocycles. The molecule has 0 saturated carbocycles. The second kappa shape index (κ2) is 6.95. The number of carbonyl (C=O) groups excluding carboxylic acids is 1. The van der Waals surface area contributed by atoms with Crippen LogP contribution in [-0.4, -0.2) is 61.4 Å². The van der Waals surface area contributed by atoms with Crippen molar-refractivity contribution in [3.63, 3.8) is 0 Å². The highest BCUT2D eigenvalue weighted by atomic mass is 35.5. The first kappa shape index (κ1) is 16.4. The second-order valence-corrected chi connectivity index (χ2v) is 6.45. The number of nitrogens with zero attached hydrogens (tertiary/aromatic N) is 1. The van der Waals surface area contributed by atoms with E-state index in [4.69, 9.17) is 21.1 Å². The SMILES string of the molecule is CN1C[C@H](NC(=O)Cc2cc3c(cc2Cl)OCCO3)C[C@H]1CO. The number of rotatable bonds is 4. The molecule has 3 rings (SSSR count). The third-order valence-corrected chi connectivity index (χ3v) is 4.68. The van der Waals surface area contributed by atoms with Crippen molar-refractivity contribution in [2.75, 3.05) is 33.4 Å². The van der Waals surface area contributed by atoms with Crippen LogP contribution in [0.25, 0.3) is 0 Å². The van der Waals surface area contributed by atoms with Crippen LogP contribution in [-0.2, 0) is 11.2 Å². The fourth-order valence-corrected chi connectivity index (χ4v) is 3.31. The number of hydrogen-bond donors (Lipinski definition) is 2. The molecule has 0 aliphatic carbocycles. The predicted octanol–water partition coefficient (Wildman–Crippen LogP) is 0.835. The Morgan fingerprint density at radius 2 is 2.09 bits per heavy atom. The summed E-state index contributed by atoms with van der Waals surface area (Å²) in [5, 5.41) is 12.8. The van der Waals surface area contributed by atoms with E-state index in [-0.39, 0.29) is 31.0 Å². The van der Waals surface area contributed by atoms with E-state index >= 15 is 0 Å². The average Bonchev–Trinajstić information content (AvgIpc) is 2.87. The number of aliphatic hydroxyl groups excluding tert-OH is 1. The van der Waals surface area contributed by atoms with E-state index in [2.05, 4.69) is 10.2 Å². The Labute approximate surface area is 140 Å². The van der Waals surface area contributed by atoms with Crippen LogP contribution in [0.3, 0.4) is 0 Å². The topological polar surface area (TPSA) is 71.0 Å². The number of nitrogens with one attached hydrogen (secondary N) is 1. The number of ether oxygens (including phenoxy) is 2. The summed E-state index contributed by atoms with van der Waals surface area (Å²) in [6.45, 7) is 1.85. The van der Waals surface area contributed by atoms with Gasteiger partial charge < -0.3 is 19.9 Å². The Kier molecular flexibility index (Phi) is 4.94. The summed E-state index contributed by atoms with van der Waals surface area (Å²) in [6, 6.07) is 3.64. The number of benzene rings is 1. The lowest BCUT2D eigenvalue weighted by Crippen LogP contribution is -2.37. The monoisotopic (exact) mass is 340 g/mol. The molecule has 2 aliphatic rings. The molecular formula is C16H21ClN2O4. The number of amides is 1. The van der Waals surface area contributed by atoms with E-state index in [0.29, 0.717) is 29.7 Å². The van der Waals surface area contributed by atoms with Crippen LogP contribution in [0.5, 0.6) is 11.5 Å². The highest BCUT2D eigenvalue weighted by molar-refractivity contribution is 6.31. The molecule has 2 heterocycles. The number of aliphatic hydroxyl groups is 1. The summed E-state index contributed by atoms with van der Waals surface area (Å²) < 4.78 is 11.0. The summed E-state index contributed by atoms with van der Waals surface area (Å²) in [5.41, 5.74) is 0.721. The van der Waals surface area contributed by atoms with Crippen molar-refractivity contribution in [3.8, 4) is 11.5 Å². The van der Waals surface area contributed by atoms with E-state index < -0.39 is 0 Å². The third-order valence-electron chi connectivity index (χ3n) is 4.33. The Bertz CT molecular complexity index is 596. The smallest absolute Gasteiger partial charge is 0.224 e. The predicted molar refractivity (Wildman–Crippen MR) is 86.2 cm³/mol. The van der Waals surface area contributed by atoms with Crippen LogP contribution in [0.2, 0.25) is 5.02 Å². The summed E-state index contributed by atoms with van der Waals surface area (Å²) in [6.07, 6.45) is 0.951. The van der Waals surface area contributed by atoms with Crippen LogP contribution >= 0.6 is 11.6 Å². The average molecular weight is 341 g/mol. The molecule has 1 aromatic rings. The van der Waals surface area contributed by atoms with Gasteiger partial charge in [0.25, 0.3) is 0 Å². The maximum Gasteiger partial charge on any atom is 0.224 e. The molecule has 1 saturated heterocycles. The zero-order valence-corrected chi connectivity index (χ0v) is 13.8. The van der Waals surface area contributed by atoms with Gasteiger partial charge in [-0.15, -0.1) is 0 Å². The number of carbonyl (C=O) groups is 1. The number of halogens is 1. The van der Waals surface area contributed by atoms with Gasteiger partial charge in [0.05, 0.1) is 13.0 Å². The van der Waals surface area contributed by atoms with Crippen molar-refractivity contribution in [1.82, 2.24) is 10.2 Å². The van der Waals surface area contributed by atoms with E-state index in [1.807, 2.05) is 7.05 Å². The molecular weight excluding hydrogens is 320 g/mol. The summed E-state index contributed by atoms with van der Waals surface area (Å²) in [4.78, 5) is 14.3. The quantitative estimate of drug-likeness (QED) is 0.849. The summed E-state index contributed by atoms with van der Waals surface area (Å²) in [7, 11) is 1.95. The molecule has 0 radical (unpaired) electrons. The molecule has 0 aromatic heterocycles. The zero-order valence-electron chi connectivity index (χ0n) is 13.0. The molecule has 23 heavy (non-hydrogen) atoms. The van der Waals surface area contributed by atoms with Gasteiger partial charge >= 0.3 is 0 Å². The summed E-state index contributed by atoms with van der Waals surface area (Å²) >= 11 is 6.23. The lowest BCUT2D eigenvalue weighted by molar-refractivity contribution is -0.121. The standard InChI is InChI=1S/C16H21ClN2O4/c1-19-8-11(6-12(19)9-20)18-16(21)5-10-4-14-15(7-13(10)17)23-3-2-22-14/h4,7,11-12,20H,2-3,5-6,8-9H2,1H3,(H,18,21)/t11-,12+/m1/s1. The number of likely N-dealkylation sites (N-methyl/N-ethyl adjacent to an activating group) is 1. The highest BCUT2D eigenvalue weighted by Gasteiger charge is 2.29. The molecule has 1 fully saturated rings. The number of fused-ring (bicyclic) bond motifs is 1. The molecule has 2 N–H and O–H groups in total. The molecule has 6 nitrogen and oxygen atoms in total. The number of hydrogen-bond acceptors (Lipinski definition) is 5. The Morgan fingerprint density at radius 1 is 1.39 bits per heavy atom. The van der Waals surface area contributed by atoms with Crippen LogP contribution in [0.15, 0.2) is 12.1 Å². The Morgan fingerprint density at radius 3 is 2.74 bits per heavy atom. The van der Waals surface area contributed by atoms with Crippen molar-refractivity contribution in [1.29, 1.82) is 0 Å². The summed E-state index contributed by atoms with van der Waals surface area (Å²) in [5.74, 6) is 1.17. The van der Waals surface area contributed by atoms with Gasteiger partial charge in [-0.2, -0.15) is 0 Å². The van der Waals surface area contributed by atoms with E-state index in [9.17, 15) is 9.90 Å². The first-order valence-electron chi connectivity index (χ1n) is 7.75. The Hall–Kier alpha value is -1.50. The van der Waals surface area contributed by atoms with E-state index in [1.54, 1.807) is 12.1 Å². The van der Waals surface area contributed by atoms with Gasteiger partial charge in [0.1, 0.15) is 13.2 Å². The number of likely N-dealkylation sites (tertiary alicyclic amines) is 1. The van der Waals surface area contributed by atoms with Crippen LogP contribution in [0.4, 0.5) is 0 Å². The van der Waals surface area contributed by atoms with Gasteiger partial charge in [-0.25, -0.2) is 0 Å². The maximum atomic E-state index is 12.3. The first-order chi connectivity index (χ1) is 11.1. The molecule has 7 heteroatoms. The molecule has 2 atom stereocenters. The largest absolute Gasteiger partial charge is 0.486 e. The zero-order chi connectivity index (χ0) is 16.4. The van der Waals surface area contributed by atoms with E-state index in [0.717, 1.165) is 18.5 Å². The molecule has 0 bridgehead atoms. The minimum Gasteiger partial charge on any atom is -0.486 e. The minimum atomic E-state index is -0.0828. The lowest BCUT2D eigenvalue weighted by Gasteiger charge is -2.20. The van der Waals surface area contributed by atoms with Gasteiger partial charge in [0.2, 0.25) is 5.91 Å². The molecule has 1 aromatic carbocycles. The fraction of sp³-hybridized carbons (Fsp3) is 0.562. The van der Waals surface area contributed by atoms with Gasteiger partial charge in [0, 0.05) is 29.7 Å². The van der Waals surface area contributed by atoms with Crippen LogP contribution < -0.4 is 14.8 Å². The van der Waals surface area contributed by atoms with Gasteiger partial charge in [-0.05, 0) is 25.1 Å². The molecule has 1 amide bonds. The van der Waals surface area contributed by atoms with Gasteiger partial charge in [0.15, 0.2) is 11.5 Å². The molecule has 0 unspecified atom stereocenters. The minimum absolute atomic E-state index is 0.0561. The van der Waals surface area contributed by atoms with Crippen LogP contribution in [0.1, 0.15) is 12.0 Å². The normalized spacial score (nSPS) is 23.8. The second-order valence-electron chi connectivity index (χ2n) is 6.04. The highest BCUT2D eigenvalue weighted by Crippen LogP contribution is 2.35.